The van der Waals surface area contributed by atoms with Crippen LogP contribution in [0.2, 0.25) is 0 Å². The van der Waals surface area contributed by atoms with Crippen molar-refractivity contribution in [1.82, 2.24) is 0 Å². The van der Waals surface area contributed by atoms with E-state index in [9.17, 15) is 14.3 Å². The lowest BCUT2D eigenvalue weighted by Crippen LogP contribution is -2.40. The fraction of sp³-hybridized carbons (Fsp3) is 0.400. The number of hydrogen-bond acceptors (Lipinski definition) is 2. The molecule has 5 heteroatoms. The molecule has 3 unspecified atom stereocenters. The molecular formula is C15H18FO3P. The molecule has 1 N–H and O–H groups in total. The predicted molar refractivity (Wildman–Crippen MR) is 79.8 cm³/mol. The van der Waals surface area contributed by atoms with E-state index in [1.54, 1.807) is 0 Å². The molecule has 0 aromatic heterocycles. The standard InChI is InChI=1S/C15H18FO3P/c1-8(2)9-4-5-10-6-11(14(17)18)13(15(3,16)20)19-12(10)7-9/h4-8,13H,20H2,1-3H3,(H,17,18). The fourth-order valence-electron chi connectivity index (χ4n) is 2.16. The Labute approximate surface area is 120 Å². The van der Waals surface area contributed by atoms with Gasteiger partial charge in [0.25, 0.3) is 0 Å². The molecule has 1 aromatic rings. The van der Waals surface area contributed by atoms with E-state index >= 15 is 0 Å². The summed E-state index contributed by atoms with van der Waals surface area (Å²) in [6.07, 6.45) is 0.345. The molecule has 3 atom stereocenters. The molecule has 1 heterocycles. The molecule has 0 aliphatic carbocycles. The van der Waals surface area contributed by atoms with Crippen LogP contribution in [0.25, 0.3) is 6.08 Å². The largest absolute Gasteiger partial charge is 0.481 e. The second kappa shape index (κ2) is 5.17. The third-order valence-electron chi connectivity index (χ3n) is 3.30. The second-order valence-electron chi connectivity index (χ2n) is 5.51. The number of benzene rings is 1. The maximum atomic E-state index is 14.2. The number of carboxylic acid groups (broad SMARTS) is 1. The minimum atomic E-state index is -1.85. The van der Waals surface area contributed by atoms with E-state index in [4.69, 9.17) is 4.74 Å². The maximum Gasteiger partial charge on any atom is 0.335 e. The van der Waals surface area contributed by atoms with E-state index in [0.29, 0.717) is 17.2 Å². The molecule has 1 aliphatic rings. The normalized spacial score (nSPS) is 20.7. The molecule has 0 radical (unpaired) electrons. The highest BCUT2D eigenvalue weighted by molar-refractivity contribution is 7.18. The van der Waals surface area contributed by atoms with Gasteiger partial charge in [0, 0.05) is 5.56 Å². The number of hydrogen-bond donors (Lipinski definition) is 1. The van der Waals surface area contributed by atoms with Crippen LogP contribution in [0.4, 0.5) is 4.39 Å². The quantitative estimate of drug-likeness (QED) is 0.867. The lowest BCUT2D eigenvalue weighted by Gasteiger charge is -2.32. The number of carbonyl (C=O) groups is 1. The summed E-state index contributed by atoms with van der Waals surface area (Å²) < 4.78 is 19.8. The van der Waals surface area contributed by atoms with E-state index < -0.39 is 17.5 Å². The van der Waals surface area contributed by atoms with Crippen LogP contribution in [0.5, 0.6) is 5.75 Å². The van der Waals surface area contributed by atoms with Gasteiger partial charge in [0.1, 0.15) is 5.75 Å². The van der Waals surface area contributed by atoms with E-state index in [2.05, 4.69) is 13.8 Å². The van der Waals surface area contributed by atoms with Crippen molar-refractivity contribution in [1.29, 1.82) is 0 Å². The molecule has 1 aliphatic heterocycles. The van der Waals surface area contributed by atoms with E-state index in [-0.39, 0.29) is 5.57 Å². The molecule has 0 amide bonds. The van der Waals surface area contributed by atoms with Gasteiger partial charge in [-0.1, -0.05) is 35.2 Å². The molecule has 1 aromatic carbocycles. The molecule has 0 saturated heterocycles. The van der Waals surface area contributed by atoms with Gasteiger partial charge in [-0.15, -0.1) is 0 Å². The molecular weight excluding hydrogens is 278 g/mol. The summed E-state index contributed by atoms with van der Waals surface area (Å²) in [5.74, 6) is -0.322. The van der Waals surface area contributed by atoms with Crippen molar-refractivity contribution in [3.05, 3.63) is 34.9 Å². The van der Waals surface area contributed by atoms with Crippen LogP contribution in [0.1, 0.15) is 37.8 Å². The van der Waals surface area contributed by atoms with Crippen molar-refractivity contribution in [2.24, 2.45) is 0 Å². The number of rotatable bonds is 3. The highest BCUT2D eigenvalue weighted by Crippen LogP contribution is 2.39. The number of alkyl halides is 1. The highest BCUT2D eigenvalue weighted by atomic mass is 31.0. The summed E-state index contributed by atoms with van der Waals surface area (Å²) in [4.78, 5) is 11.3. The zero-order chi connectivity index (χ0) is 15.1. The predicted octanol–water partition coefficient (Wildman–Crippen LogP) is 3.60. The van der Waals surface area contributed by atoms with Crippen molar-refractivity contribution >= 4 is 21.3 Å². The Balaban J connectivity index is 2.51. The lowest BCUT2D eigenvalue weighted by atomic mass is 9.95. The second-order valence-corrected chi connectivity index (χ2v) is 6.63. The van der Waals surface area contributed by atoms with E-state index in [1.165, 1.54) is 13.0 Å². The first-order valence-electron chi connectivity index (χ1n) is 6.43. The molecule has 0 saturated carbocycles. The first-order valence-corrected chi connectivity index (χ1v) is 7.01. The zero-order valence-corrected chi connectivity index (χ0v) is 12.8. The summed E-state index contributed by atoms with van der Waals surface area (Å²) in [6, 6.07) is 5.58. The Morgan fingerprint density at radius 2 is 2.15 bits per heavy atom. The Morgan fingerprint density at radius 1 is 1.50 bits per heavy atom. The van der Waals surface area contributed by atoms with Crippen molar-refractivity contribution in [2.75, 3.05) is 0 Å². The number of carboxylic acids is 1. The van der Waals surface area contributed by atoms with E-state index in [0.717, 1.165) is 5.56 Å². The Kier molecular flexibility index (Phi) is 3.88. The van der Waals surface area contributed by atoms with Crippen LogP contribution in [0, 0.1) is 0 Å². The number of aliphatic carboxylic acids is 1. The van der Waals surface area contributed by atoms with Crippen LogP contribution in [-0.2, 0) is 4.79 Å². The van der Waals surface area contributed by atoms with Gasteiger partial charge in [-0.25, -0.2) is 9.18 Å². The monoisotopic (exact) mass is 296 g/mol. The van der Waals surface area contributed by atoms with Crippen LogP contribution in [0.15, 0.2) is 23.8 Å². The first kappa shape index (κ1) is 15.0. The minimum Gasteiger partial charge on any atom is -0.481 e. The van der Waals surface area contributed by atoms with Gasteiger partial charge in [0.05, 0.1) is 5.57 Å². The fourth-order valence-corrected chi connectivity index (χ4v) is 2.41. The molecule has 20 heavy (non-hydrogen) atoms. The van der Waals surface area contributed by atoms with Crippen LogP contribution in [-0.4, -0.2) is 22.6 Å². The minimum absolute atomic E-state index is 0.0743. The molecule has 0 spiro atoms. The highest BCUT2D eigenvalue weighted by Gasteiger charge is 2.40. The number of halogens is 1. The third kappa shape index (κ3) is 2.85. The molecule has 0 fully saturated rings. The van der Waals surface area contributed by atoms with Crippen LogP contribution >= 0.6 is 9.24 Å². The molecule has 0 bridgehead atoms. The first-order chi connectivity index (χ1) is 9.20. The van der Waals surface area contributed by atoms with Crippen LogP contribution in [0.3, 0.4) is 0 Å². The van der Waals surface area contributed by atoms with Crippen molar-refractivity contribution in [2.45, 2.75) is 38.2 Å². The Morgan fingerprint density at radius 3 is 2.65 bits per heavy atom. The molecule has 2 rings (SSSR count). The summed E-state index contributed by atoms with van der Waals surface area (Å²) in [7, 11) is 2.00. The summed E-state index contributed by atoms with van der Waals surface area (Å²) in [6.45, 7) is 5.39. The average molecular weight is 296 g/mol. The van der Waals surface area contributed by atoms with Gasteiger partial charge in [-0.05, 0) is 30.5 Å². The third-order valence-corrected chi connectivity index (χ3v) is 3.60. The number of fused-ring (bicyclic) bond motifs is 1. The van der Waals surface area contributed by atoms with Crippen molar-refractivity contribution in [3.8, 4) is 5.75 Å². The van der Waals surface area contributed by atoms with Gasteiger partial charge in [-0.2, -0.15) is 0 Å². The summed E-state index contributed by atoms with van der Waals surface area (Å²) in [5, 5.41) is 7.36. The smallest absolute Gasteiger partial charge is 0.335 e. The van der Waals surface area contributed by atoms with Crippen LogP contribution < -0.4 is 4.74 Å². The SMILES string of the molecule is CC(C)c1ccc2c(c1)OC(C(C)(F)P)C(C(=O)O)=C2. The number of ether oxygens (including phenoxy) is 1. The topological polar surface area (TPSA) is 46.5 Å². The van der Waals surface area contributed by atoms with Gasteiger partial charge < -0.3 is 9.84 Å². The maximum absolute atomic E-state index is 14.2. The molecule has 3 nitrogen and oxygen atoms in total. The Hall–Kier alpha value is -1.41. The van der Waals surface area contributed by atoms with E-state index in [1.807, 2.05) is 27.4 Å². The molecule has 108 valence electrons. The lowest BCUT2D eigenvalue weighted by molar-refractivity contribution is -0.134. The van der Waals surface area contributed by atoms with Gasteiger partial charge >= 0.3 is 5.97 Å². The van der Waals surface area contributed by atoms with Crippen molar-refractivity contribution < 1.29 is 19.0 Å². The summed E-state index contributed by atoms with van der Waals surface area (Å²) >= 11 is 0. The summed E-state index contributed by atoms with van der Waals surface area (Å²) in [5.41, 5.74) is 1.66. The van der Waals surface area contributed by atoms with Crippen molar-refractivity contribution in [3.63, 3.8) is 0 Å². The Bertz CT molecular complexity index is 573. The van der Waals surface area contributed by atoms with Gasteiger partial charge in [-0.3, -0.25) is 0 Å². The van der Waals surface area contributed by atoms with Gasteiger partial charge in [0.15, 0.2) is 11.5 Å². The zero-order valence-electron chi connectivity index (χ0n) is 11.7. The average Bonchev–Trinajstić information content (AvgIpc) is 2.35. The van der Waals surface area contributed by atoms with Gasteiger partial charge in [0.2, 0.25) is 0 Å².